The standard InChI is InChI=1S/C5H6F2O4/c6-5(7,1-3(8)9)2-4(10)11/h1-2H2,(H,8,9)(H,10,11). The molecule has 0 aliphatic carbocycles. The molecule has 0 amide bonds. The van der Waals surface area contributed by atoms with Gasteiger partial charge in [-0.2, -0.15) is 0 Å². The lowest BCUT2D eigenvalue weighted by atomic mass is 10.2. The minimum Gasteiger partial charge on any atom is -0.481 e. The summed E-state index contributed by atoms with van der Waals surface area (Å²) in [5.41, 5.74) is 0. The van der Waals surface area contributed by atoms with E-state index in [4.69, 9.17) is 10.2 Å². The van der Waals surface area contributed by atoms with Gasteiger partial charge < -0.3 is 10.2 Å². The van der Waals surface area contributed by atoms with Crippen LogP contribution < -0.4 is 0 Å². The Morgan fingerprint density at radius 1 is 1.09 bits per heavy atom. The number of carbonyl (C=O) groups is 2. The van der Waals surface area contributed by atoms with Crippen molar-refractivity contribution >= 4 is 11.9 Å². The summed E-state index contributed by atoms with van der Waals surface area (Å²) in [5.74, 6) is -7.08. The van der Waals surface area contributed by atoms with Crippen LogP contribution in [0.1, 0.15) is 12.8 Å². The second kappa shape index (κ2) is 3.27. The maximum atomic E-state index is 12.2. The summed E-state index contributed by atoms with van der Waals surface area (Å²) in [7, 11) is 0. The Morgan fingerprint density at radius 3 is 1.55 bits per heavy atom. The van der Waals surface area contributed by atoms with Crippen molar-refractivity contribution in [3.63, 3.8) is 0 Å². The van der Waals surface area contributed by atoms with Gasteiger partial charge in [0, 0.05) is 0 Å². The van der Waals surface area contributed by atoms with Gasteiger partial charge in [-0.3, -0.25) is 9.59 Å². The van der Waals surface area contributed by atoms with E-state index in [9.17, 15) is 18.4 Å². The van der Waals surface area contributed by atoms with Gasteiger partial charge in [0.1, 0.15) is 12.8 Å². The Labute approximate surface area is 60.4 Å². The van der Waals surface area contributed by atoms with Gasteiger partial charge in [0.25, 0.3) is 5.92 Å². The van der Waals surface area contributed by atoms with Crippen LogP contribution >= 0.6 is 0 Å². The number of aliphatic carboxylic acids is 2. The number of hydrogen-bond acceptors (Lipinski definition) is 2. The van der Waals surface area contributed by atoms with E-state index in [1.165, 1.54) is 0 Å². The van der Waals surface area contributed by atoms with Gasteiger partial charge in [-0.1, -0.05) is 0 Å². The lowest BCUT2D eigenvalue weighted by Crippen LogP contribution is -2.24. The summed E-state index contributed by atoms with van der Waals surface area (Å²) in [6.07, 6.45) is -2.89. The Kier molecular flexibility index (Phi) is 2.91. The van der Waals surface area contributed by atoms with Crippen molar-refractivity contribution in [1.29, 1.82) is 0 Å². The molecule has 4 nitrogen and oxygen atoms in total. The van der Waals surface area contributed by atoms with Crippen molar-refractivity contribution in [3.05, 3.63) is 0 Å². The SMILES string of the molecule is O=C(O)CC(F)(F)CC(=O)O. The van der Waals surface area contributed by atoms with Crippen molar-refractivity contribution in [2.75, 3.05) is 0 Å². The van der Waals surface area contributed by atoms with Crippen LogP contribution in [0.3, 0.4) is 0 Å². The van der Waals surface area contributed by atoms with Gasteiger partial charge >= 0.3 is 11.9 Å². The van der Waals surface area contributed by atoms with Gasteiger partial charge in [-0.05, 0) is 0 Å². The van der Waals surface area contributed by atoms with Crippen LogP contribution in [0.5, 0.6) is 0 Å². The summed E-state index contributed by atoms with van der Waals surface area (Å²) in [5, 5.41) is 15.8. The van der Waals surface area contributed by atoms with E-state index < -0.39 is 30.7 Å². The lowest BCUT2D eigenvalue weighted by Gasteiger charge is -2.09. The van der Waals surface area contributed by atoms with Crippen molar-refractivity contribution in [3.8, 4) is 0 Å². The van der Waals surface area contributed by atoms with Gasteiger partial charge in [0.15, 0.2) is 0 Å². The smallest absolute Gasteiger partial charge is 0.309 e. The molecule has 0 saturated heterocycles. The quantitative estimate of drug-likeness (QED) is 0.643. The molecule has 6 heteroatoms. The third-order valence-electron chi connectivity index (χ3n) is 0.820. The second-order valence-electron chi connectivity index (χ2n) is 2.00. The van der Waals surface area contributed by atoms with E-state index in [2.05, 4.69) is 0 Å². The van der Waals surface area contributed by atoms with Crippen LogP contribution in [0.2, 0.25) is 0 Å². The predicted molar refractivity (Wildman–Crippen MR) is 29.5 cm³/mol. The zero-order valence-corrected chi connectivity index (χ0v) is 5.38. The first-order valence-electron chi connectivity index (χ1n) is 2.65. The fourth-order valence-corrected chi connectivity index (χ4v) is 0.505. The topological polar surface area (TPSA) is 74.6 Å². The Bertz CT molecular complexity index is 159. The maximum Gasteiger partial charge on any atom is 0.309 e. The van der Waals surface area contributed by atoms with Gasteiger partial charge in [0.05, 0.1) is 0 Å². The van der Waals surface area contributed by atoms with Crippen LogP contribution in [0.25, 0.3) is 0 Å². The minimum atomic E-state index is -3.66. The molecule has 2 N–H and O–H groups in total. The molecule has 0 unspecified atom stereocenters. The highest BCUT2D eigenvalue weighted by molar-refractivity contribution is 5.72. The minimum absolute atomic E-state index is 1.45. The number of rotatable bonds is 4. The Balaban J connectivity index is 3.99. The van der Waals surface area contributed by atoms with Gasteiger partial charge in [-0.25, -0.2) is 8.78 Å². The highest BCUT2D eigenvalue weighted by Crippen LogP contribution is 2.22. The molecule has 11 heavy (non-hydrogen) atoms. The average molecular weight is 168 g/mol. The Hall–Kier alpha value is -1.20. The number of alkyl halides is 2. The fourth-order valence-electron chi connectivity index (χ4n) is 0.505. The van der Waals surface area contributed by atoms with E-state index in [0.717, 1.165) is 0 Å². The van der Waals surface area contributed by atoms with Crippen molar-refractivity contribution < 1.29 is 28.6 Å². The predicted octanol–water partition coefficient (Wildman–Crippen LogP) is 0.571. The van der Waals surface area contributed by atoms with E-state index >= 15 is 0 Å². The first kappa shape index (κ1) is 9.80. The molecule has 0 rings (SSSR count). The molecule has 0 atom stereocenters. The third-order valence-corrected chi connectivity index (χ3v) is 0.820. The fraction of sp³-hybridized carbons (Fsp3) is 0.600. The third kappa shape index (κ3) is 5.25. The van der Waals surface area contributed by atoms with Gasteiger partial charge in [-0.15, -0.1) is 0 Å². The zero-order chi connectivity index (χ0) is 9.07. The molecule has 0 radical (unpaired) electrons. The molecule has 0 spiro atoms. The molecule has 0 aromatic carbocycles. The molecule has 64 valence electrons. The molecule has 0 fully saturated rings. The Morgan fingerprint density at radius 2 is 1.36 bits per heavy atom. The summed E-state index contributed by atoms with van der Waals surface area (Å²) in [6.45, 7) is 0. The second-order valence-corrected chi connectivity index (χ2v) is 2.00. The van der Waals surface area contributed by atoms with Crippen molar-refractivity contribution in [1.82, 2.24) is 0 Å². The van der Waals surface area contributed by atoms with E-state index in [1.54, 1.807) is 0 Å². The highest BCUT2D eigenvalue weighted by Gasteiger charge is 2.34. The largest absolute Gasteiger partial charge is 0.481 e. The van der Waals surface area contributed by atoms with Crippen LogP contribution in [0.15, 0.2) is 0 Å². The van der Waals surface area contributed by atoms with E-state index in [-0.39, 0.29) is 0 Å². The molecule has 0 heterocycles. The molecule has 0 aliphatic heterocycles. The summed E-state index contributed by atoms with van der Waals surface area (Å²) in [4.78, 5) is 19.4. The molecule has 0 saturated carbocycles. The molecule has 0 aromatic rings. The lowest BCUT2D eigenvalue weighted by molar-refractivity contribution is -0.152. The highest BCUT2D eigenvalue weighted by atomic mass is 19.3. The zero-order valence-electron chi connectivity index (χ0n) is 5.38. The molecule has 0 aromatic heterocycles. The molecule has 0 bridgehead atoms. The van der Waals surface area contributed by atoms with Crippen LogP contribution in [-0.4, -0.2) is 28.1 Å². The average Bonchev–Trinajstić information content (AvgIpc) is 1.53. The molecular weight excluding hydrogens is 162 g/mol. The van der Waals surface area contributed by atoms with Gasteiger partial charge in [0.2, 0.25) is 0 Å². The van der Waals surface area contributed by atoms with Crippen LogP contribution in [0.4, 0.5) is 8.78 Å². The number of halogens is 2. The van der Waals surface area contributed by atoms with Crippen LogP contribution in [-0.2, 0) is 9.59 Å². The normalized spacial score (nSPS) is 11.1. The van der Waals surface area contributed by atoms with Crippen molar-refractivity contribution in [2.45, 2.75) is 18.8 Å². The van der Waals surface area contributed by atoms with Crippen molar-refractivity contribution in [2.24, 2.45) is 0 Å². The molecule has 0 aliphatic rings. The molecular formula is C5H6F2O4. The number of carboxylic acid groups (broad SMARTS) is 2. The summed E-state index contributed by atoms with van der Waals surface area (Å²) < 4.78 is 24.3. The van der Waals surface area contributed by atoms with E-state index in [0.29, 0.717) is 0 Å². The summed E-state index contributed by atoms with van der Waals surface area (Å²) >= 11 is 0. The van der Waals surface area contributed by atoms with E-state index in [1.807, 2.05) is 0 Å². The summed E-state index contributed by atoms with van der Waals surface area (Å²) in [6, 6.07) is 0. The monoisotopic (exact) mass is 168 g/mol. The first-order chi connectivity index (χ1) is 4.83. The number of hydrogen-bond donors (Lipinski definition) is 2. The first-order valence-corrected chi connectivity index (χ1v) is 2.65. The maximum absolute atomic E-state index is 12.2. The number of carboxylic acids is 2. The van der Waals surface area contributed by atoms with Crippen LogP contribution in [0, 0.1) is 0 Å².